The molecule has 2 aromatic rings. The third kappa shape index (κ3) is 7.44. The third-order valence-corrected chi connectivity index (χ3v) is 6.79. The van der Waals surface area contributed by atoms with Crippen molar-refractivity contribution in [1.82, 2.24) is 4.90 Å². The largest absolute Gasteiger partial charge is 0.482 e. The topological polar surface area (TPSA) is 112 Å². The Kier molecular flexibility index (Phi) is 10.6. The normalized spacial score (nSPS) is 22.3. The summed E-state index contributed by atoms with van der Waals surface area (Å²) in [6.07, 6.45) is 3.06. The lowest BCUT2D eigenvalue weighted by atomic mass is 9.88. The Morgan fingerprint density at radius 2 is 1.62 bits per heavy atom. The van der Waals surface area contributed by atoms with Gasteiger partial charge in [0.25, 0.3) is 0 Å². The molecular formula is C31H35NO8. The number of benzene rings is 2. The lowest BCUT2D eigenvalue weighted by Gasteiger charge is -2.31. The van der Waals surface area contributed by atoms with Gasteiger partial charge in [0.2, 0.25) is 5.91 Å². The summed E-state index contributed by atoms with van der Waals surface area (Å²) in [5, 5.41) is 8.73. The minimum absolute atomic E-state index is 0.0328. The van der Waals surface area contributed by atoms with Gasteiger partial charge in [-0.25, -0.2) is 9.69 Å². The second-order valence-corrected chi connectivity index (χ2v) is 9.58. The molecule has 212 valence electrons. The fraction of sp³-hybridized carbons (Fsp3) is 0.387. The van der Waals surface area contributed by atoms with Crippen LogP contribution in [0.2, 0.25) is 0 Å². The SMILES string of the molecule is CC1C(c2ccccc2)OC(=O)N1C(=O)C(Cc1ccccc1)C1OC(=CCCOCCOCCO)C=CC1=O. The van der Waals surface area contributed by atoms with Gasteiger partial charge in [0.15, 0.2) is 11.9 Å². The molecule has 4 atom stereocenters. The van der Waals surface area contributed by atoms with Gasteiger partial charge in [-0.05, 0) is 49.1 Å². The number of cyclic esters (lactones) is 1. The van der Waals surface area contributed by atoms with E-state index >= 15 is 0 Å². The molecule has 4 unspecified atom stereocenters. The van der Waals surface area contributed by atoms with E-state index in [9.17, 15) is 14.4 Å². The van der Waals surface area contributed by atoms with Crippen LogP contribution in [0.5, 0.6) is 0 Å². The molecule has 2 aromatic carbocycles. The van der Waals surface area contributed by atoms with Crippen LogP contribution in [0.4, 0.5) is 4.79 Å². The summed E-state index contributed by atoms with van der Waals surface area (Å²) in [6, 6.07) is 18.1. The van der Waals surface area contributed by atoms with E-state index in [0.717, 1.165) is 16.0 Å². The fourth-order valence-corrected chi connectivity index (χ4v) is 4.79. The maximum atomic E-state index is 14.0. The third-order valence-electron chi connectivity index (χ3n) is 6.79. The summed E-state index contributed by atoms with van der Waals surface area (Å²) in [5.74, 6) is -1.36. The van der Waals surface area contributed by atoms with Gasteiger partial charge in [-0.2, -0.15) is 0 Å². The number of hydrogen-bond donors (Lipinski definition) is 1. The van der Waals surface area contributed by atoms with Crippen molar-refractivity contribution in [3.63, 3.8) is 0 Å². The summed E-state index contributed by atoms with van der Waals surface area (Å²) in [6.45, 7) is 3.19. The van der Waals surface area contributed by atoms with Crippen LogP contribution in [-0.2, 0) is 35.0 Å². The predicted octanol–water partition coefficient (Wildman–Crippen LogP) is 3.78. The zero-order valence-corrected chi connectivity index (χ0v) is 22.5. The van der Waals surface area contributed by atoms with Gasteiger partial charge in [0, 0.05) is 0 Å². The van der Waals surface area contributed by atoms with Crippen LogP contribution in [0.25, 0.3) is 0 Å². The van der Waals surface area contributed by atoms with Crippen molar-refractivity contribution in [3.8, 4) is 0 Å². The first-order valence-electron chi connectivity index (χ1n) is 13.5. The number of aliphatic hydroxyl groups excluding tert-OH is 1. The van der Waals surface area contributed by atoms with Gasteiger partial charge < -0.3 is 24.1 Å². The Morgan fingerprint density at radius 3 is 2.33 bits per heavy atom. The molecule has 2 heterocycles. The molecule has 2 amide bonds. The molecule has 9 nitrogen and oxygen atoms in total. The van der Waals surface area contributed by atoms with Crippen molar-refractivity contribution in [2.45, 2.75) is 38.0 Å². The van der Waals surface area contributed by atoms with E-state index < -0.39 is 36.2 Å². The van der Waals surface area contributed by atoms with Crippen LogP contribution in [0.15, 0.2) is 84.7 Å². The van der Waals surface area contributed by atoms with Gasteiger partial charge >= 0.3 is 6.09 Å². The minimum atomic E-state index is -1.10. The fourth-order valence-electron chi connectivity index (χ4n) is 4.79. The molecule has 0 aliphatic carbocycles. The Labute approximate surface area is 234 Å². The molecular weight excluding hydrogens is 514 g/mol. The number of hydrogen-bond acceptors (Lipinski definition) is 8. The molecule has 0 saturated carbocycles. The average Bonchev–Trinajstić information content (AvgIpc) is 3.28. The average molecular weight is 550 g/mol. The number of carbonyl (C=O) groups is 3. The lowest BCUT2D eigenvalue weighted by Crippen LogP contribution is -2.48. The molecule has 9 heteroatoms. The van der Waals surface area contributed by atoms with Gasteiger partial charge in [-0.1, -0.05) is 60.7 Å². The Hall–Kier alpha value is -3.79. The number of nitrogens with zero attached hydrogens (tertiary/aromatic N) is 1. The van der Waals surface area contributed by atoms with E-state index in [4.69, 9.17) is 24.1 Å². The highest BCUT2D eigenvalue weighted by Gasteiger charge is 2.48. The van der Waals surface area contributed by atoms with Crippen LogP contribution in [-0.4, -0.2) is 73.0 Å². The van der Waals surface area contributed by atoms with E-state index in [2.05, 4.69) is 0 Å². The number of amides is 2. The first kappa shape index (κ1) is 29.2. The minimum Gasteiger partial charge on any atom is -0.482 e. The maximum Gasteiger partial charge on any atom is 0.417 e. The van der Waals surface area contributed by atoms with Crippen LogP contribution in [0, 0.1) is 5.92 Å². The number of rotatable bonds is 13. The van der Waals surface area contributed by atoms with Gasteiger partial charge in [-0.3, -0.25) is 9.59 Å². The highest BCUT2D eigenvalue weighted by molar-refractivity contribution is 6.02. The molecule has 0 radical (unpaired) electrons. The predicted molar refractivity (Wildman–Crippen MR) is 146 cm³/mol. The maximum absolute atomic E-state index is 14.0. The number of carbonyl (C=O) groups excluding carboxylic acids is 3. The first-order chi connectivity index (χ1) is 19.5. The zero-order chi connectivity index (χ0) is 28.3. The first-order valence-corrected chi connectivity index (χ1v) is 13.5. The second kappa shape index (κ2) is 14.6. The van der Waals surface area contributed by atoms with E-state index in [1.807, 2.05) is 60.7 Å². The van der Waals surface area contributed by atoms with Crippen LogP contribution in [0.1, 0.15) is 30.6 Å². The quantitative estimate of drug-likeness (QED) is 0.376. The zero-order valence-electron chi connectivity index (χ0n) is 22.5. The summed E-state index contributed by atoms with van der Waals surface area (Å²) in [4.78, 5) is 41.2. The van der Waals surface area contributed by atoms with E-state index in [-0.39, 0.29) is 25.4 Å². The highest BCUT2D eigenvalue weighted by atomic mass is 16.6. The van der Waals surface area contributed by atoms with E-state index in [0.29, 0.717) is 32.0 Å². The van der Waals surface area contributed by atoms with Crippen molar-refractivity contribution >= 4 is 17.8 Å². The number of allylic oxidation sites excluding steroid dienone is 1. The van der Waals surface area contributed by atoms with Crippen molar-refractivity contribution < 1.29 is 38.4 Å². The monoisotopic (exact) mass is 549 g/mol. The second-order valence-electron chi connectivity index (χ2n) is 9.58. The number of imide groups is 1. The van der Waals surface area contributed by atoms with E-state index in [1.54, 1.807) is 19.1 Å². The summed E-state index contributed by atoms with van der Waals surface area (Å²) in [5.41, 5.74) is 1.63. The molecule has 1 fully saturated rings. The summed E-state index contributed by atoms with van der Waals surface area (Å²) in [7, 11) is 0. The van der Waals surface area contributed by atoms with Crippen molar-refractivity contribution in [2.75, 3.05) is 33.0 Å². The molecule has 0 aromatic heterocycles. The van der Waals surface area contributed by atoms with Crippen molar-refractivity contribution in [3.05, 3.63) is 95.8 Å². The molecule has 2 aliphatic heterocycles. The molecule has 0 spiro atoms. The molecule has 2 aliphatic rings. The standard InChI is InChI=1S/C31H35NO8/c1-22-28(24-11-6-3-7-12-24)40-31(36)32(22)30(35)26(21-23-9-4-2-5-10-23)29-27(34)15-14-25(39-29)13-8-17-37-19-20-38-18-16-33/h2-7,9-15,22,26,28-29,33H,8,16-21H2,1H3. The Morgan fingerprint density at radius 1 is 0.950 bits per heavy atom. The van der Waals surface area contributed by atoms with Gasteiger partial charge in [-0.15, -0.1) is 0 Å². The van der Waals surface area contributed by atoms with Crippen LogP contribution < -0.4 is 0 Å². The smallest absolute Gasteiger partial charge is 0.417 e. The number of ether oxygens (including phenoxy) is 4. The van der Waals surface area contributed by atoms with E-state index in [1.165, 1.54) is 6.08 Å². The summed E-state index contributed by atoms with van der Waals surface area (Å²) >= 11 is 0. The van der Waals surface area contributed by atoms with Crippen LogP contribution >= 0.6 is 0 Å². The number of ketones is 1. The van der Waals surface area contributed by atoms with Crippen molar-refractivity contribution in [2.24, 2.45) is 5.92 Å². The van der Waals surface area contributed by atoms with Gasteiger partial charge in [0.1, 0.15) is 11.9 Å². The lowest BCUT2D eigenvalue weighted by molar-refractivity contribution is -0.143. The number of aliphatic hydroxyl groups is 1. The van der Waals surface area contributed by atoms with Crippen molar-refractivity contribution in [1.29, 1.82) is 0 Å². The Balaban J connectivity index is 1.49. The van der Waals surface area contributed by atoms with Crippen LogP contribution in [0.3, 0.4) is 0 Å². The molecule has 4 rings (SSSR count). The molecule has 40 heavy (non-hydrogen) atoms. The molecule has 1 saturated heterocycles. The Bertz CT molecular complexity index is 1200. The van der Waals surface area contributed by atoms with Gasteiger partial charge in [0.05, 0.1) is 45.0 Å². The molecule has 0 bridgehead atoms. The highest BCUT2D eigenvalue weighted by Crippen LogP contribution is 2.35. The molecule has 1 N–H and O–H groups in total. The summed E-state index contributed by atoms with van der Waals surface area (Å²) < 4.78 is 22.4.